The van der Waals surface area contributed by atoms with Crippen LogP contribution in [0.2, 0.25) is 0 Å². The van der Waals surface area contributed by atoms with Crippen molar-refractivity contribution in [2.75, 3.05) is 0 Å². The first-order chi connectivity index (χ1) is 9.88. The molecule has 0 radical (unpaired) electrons. The Morgan fingerprint density at radius 2 is 0.750 bits per heavy atom. The maximum Gasteiger partial charge on any atom is -0.0383 e. The minimum atomic E-state index is 1.13. The molecule has 0 spiro atoms. The summed E-state index contributed by atoms with van der Waals surface area (Å²) in [5.41, 5.74) is 0. The van der Waals surface area contributed by atoms with Crippen molar-refractivity contribution < 1.29 is 0 Å². The second-order valence-corrected chi connectivity index (χ2v) is 8.86. The van der Waals surface area contributed by atoms with Gasteiger partial charge in [0.15, 0.2) is 0 Å². The van der Waals surface area contributed by atoms with Gasteiger partial charge in [-0.05, 0) is 61.2 Å². The van der Waals surface area contributed by atoms with Crippen molar-refractivity contribution in [1.82, 2.24) is 0 Å². The molecule has 4 fully saturated rings. The van der Waals surface area contributed by atoms with Gasteiger partial charge in [-0.2, -0.15) is 0 Å². The molecule has 4 aliphatic carbocycles. The zero-order chi connectivity index (χ0) is 13.4. The summed E-state index contributed by atoms with van der Waals surface area (Å²) in [4.78, 5) is 0. The second kappa shape index (κ2) is 6.01. The van der Waals surface area contributed by atoms with Crippen LogP contribution in [-0.4, -0.2) is 0 Å². The predicted octanol–water partition coefficient (Wildman–Crippen LogP) is 6.20. The van der Waals surface area contributed by atoms with E-state index in [2.05, 4.69) is 0 Å². The van der Waals surface area contributed by atoms with Crippen molar-refractivity contribution in [1.29, 1.82) is 0 Å². The quantitative estimate of drug-likeness (QED) is 0.575. The molecule has 20 heavy (non-hydrogen) atoms. The van der Waals surface area contributed by atoms with Gasteiger partial charge in [-0.15, -0.1) is 0 Å². The summed E-state index contributed by atoms with van der Waals surface area (Å²) in [6.07, 6.45) is 22.1. The van der Waals surface area contributed by atoms with Gasteiger partial charge in [0.1, 0.15) is 0 Å². The molecule has 4 unspecified atom stereocenters. The molecule has 4 aliphatic rings. The Hall–Kier alpha value is 0. The highest BCUT2D eigenvalue weighted by molar-refractivity contribution is 4.89. The van der Waals surface area contributed by atoms with Gasteiger partial charge < -0.3 is 0 Å². The van der Waals surface area contributed by atoms with E-state index >= 15 is 0 Å². The summed E-state index contributed by atoms with van der Waals surface area (Å²) in [6, 6.07) is 0. The summed E-state index contributed by atoms with van der Waals surface area (Å²) in [6.45, 7) is 0. The third-order valence-corrected chi connectivity index (χ3v) is 7.66. The van der Waals surface area contributed by atoms with Crippen molar-refractivity contribution in [3.8, 4) is 0 Å². The number of fused-ring (bicyclic) bond motifs is 2. The average molecular weight is 274 g/mol. The Morgan fingerprint density at radius 1 is 0.450 bits per heavy atom. The molecule has 0 nitrogen and oxygen atoms in total. The first-order valence-corrected chi connectivity index (χ1v) is 9.88. The lowest BCUT2D eigenvalue weighted by molar-refractivity contribution is 0.277. The van der Waals surface area contributed by atoms with Crippen LogP contribution in [0.5, 0.6) is 0 Å². The van der Waals surface area contributed by atoms with Gasteiger partial charge in [0.05, 0.1) is 0 Å². The number of hydrogen-bond donors (Lipinski definition) is 0. The van der Waals surface area contributed by atoms with Gasteiger partial charge in [0.25, 0.3) is 0 Å². The first kappa shape index (κ1) is 13.6. The highest BCUT2D eigenvalue weighted by Gasteiger charge is 2.38. The van der Waals surface area contributed by atoms with E-state index in [1.165, 1.54) is 0 Å². The van der Waals surface area contributed by atoms with E-state index in [0.717, 1.165) is 35.5 Å². The monoisotopic (exact) mass is 274 g/mol. The van der Waals surface area contributed by atoms with Crippen LogP contribution >= 0.6 is 0 Å². The van der Waals surface area contributed by atoms with Crippen LogP contribution in [0.15, 0.2) is 0 Å². The lowest BCUT2D eigenvalue weighted by Crippen LogP contribution is -2.12. The summed E-state index contributed by atoms with van der Waals surface area (Å²) >= 11 is 0. The molecule has 114 valence electrons. The highest BCUT2D eigenvalue weighted by atomic mass is 14.4. The van der Waals surface area contributed by atoms with Crippen molar-refractivity contribution in [2.45, 2.75) is 89.9 Å². The van der Waals surface area contributed by atoms with Crippen molar-refractivity contribution >= 4 is 0 Å². The van der Waals surface area contributed by atoms with Gasteiger partial charge in [-0.3, -0.25) is 0 Å². The molecule has 0 saturated heterocycles. The van der Waals surface area contributed by atoms with Crippen molar-refractivity contribution in [2.24, 2.45) is 35.5 Å². The van der Waals surface area contributed by atoms with Gasteiger partial charge in [-0.1, -0.05) is 64.2 Å². The Bertz CT molecular complexity index is 260. The van der Waals surface area contributed by atoms with Gasteiger partial charge in [0, 0.05) is 0 Å². The maximum absolute atomic E-state index is 1.62. The molecule has 0 aliphatic heterocycles. The van der Waals surface area contributed by atoms with Gasteiger partial charge >= 0.3 is 0 Å². The Labute approximate surface area is 126 Å². The fraction of sp³-hybridized carbons (Fsp3) is 1.00. The summed E-state index contributed by atoms with van der Waals surface area (Å²) in [5.74, 6) is 6.87. The minimum absolute atomic E-state index is 1.13. The number of hydrogen-bond acceptors (Lipinski definition) is 0. The smallest absolute Gasteiger partial charge is 0.0383 e. The largest absolute Gasteiger partial charge is 0.0530 e. The van der Waals surface area contributed by atoms with Crippen LogP contribution in [0.3, 0.4) is 0 Å². The van der Waals surface area contributed by atoms with Crippen molar-refractivity contribution in [3.05, 3.63) is 0 Å². The summed E-state index contributed by atoms with van der Waals surface area (Å²) in [5, 5.41) is 0. The summed E-state index contributed by atoms with van der Waals surface area (Å²) < 4.78 is 0. The summed E-state index contributed by atoms with van der Waals surface area (Å²) in [7, 11) is 0. The predicted molar refractivity (Wildman–Crippen MR) is 85.6 cm³/mol. The molecule has 0 amide bonds. The van der Waals surface area contributed by atoms with Crippen LogP contribution in [0.4, 0.5) is 0 Å². The van der Waals surface area contributed by atoms with Gasteiger partial charge in [0.2, 0.25) is 0 Å². The molecule has 0 heteroatoms. The fourth-order valence-corrected chi connectivity index (χ4v) is 6.66. The maximum atomic E-state index is 1.62. The normalized spacial score (nSPS) is 48.0. The lowest BCUT2D eigenvalue weighted by Gasteiger charge is -2.24. The van der Waals surface area contributed by atoms with E-state index in [1.807, 2.05) is 0 Å². The molecule has 4 saturated carbocycles. The first-order valence-electron chi connectivity index (χ1n) is 9.88. The fourth-order valence-electron chi connectivity index (χ4n) is 6.66. The van der Waals surface area contributed by atoms with E-state index in [1.54, 1.807) is 89.9 Å². The van der Waals surface area contributed by atoms with Crippen LogP contribution < -0.4 is 0 Å². The van der Waals surface area contributed by atoms with Crippen LogP contribution in [0.25, 0.3) is 0 Å². The van der Waals surface area contributed by atoms with Gasteiger partial charge in [-0.25, -0.2) is 0 Å². The Balaban J connectivity index is 1.23. The molecular weight excluding hydrogens is 240 g/mol. The zero-order valence-corrected chi connectivity index (χ0v) is 13.4. The molecule has 4 atom stereocenters. The topological polar surface area (TPSA) is 0 Å². The molecule has 0 aromatic carbocycles. The molecule has 0 aromatic rings. The molecule has 0 aromatic heterocycles. The van der Waals surface area contributed by atoms with E-state index in [0.29, 0.717) is 0 Å². The Morgan fingerprint density at radius 3 is 1.05 bits per heavy atom. The third kappa shape index (κ3) is 2.81. The van der Waals surface area contributed by atoms with Crippen LogP contribution in [0.1, 0.15) is 89.9 Å². The SMILES string of the molecule is C1CCC2CC(CCC3CC4CCCCC4C3)CC2C1. The zero-order valence-electron chi connectivity index (χ0n) is 13.4. The minimum Gasteiger partial charge on any atom is -0.0530 e. The van der Waals surface area contributed by atoms with Crippen molar-refractivity contribution in [3.63, 3.8) is 0 Å². The highest BCUT2D eigenvalue weighted by Crippen LogP contribution is 2.49. The average Bonchev–Trinajstić information content (AvgIpc) is 3.07. The second-order valence-electron chi connectivity index (χ2n) is 8.86. The van der Waals surface area contributed by atoms with E-state index in [-0.39, 0.29) is 0 Å². The van der Waals surface area contributed by atoms with Crippen LogP contribution in [0, 0.1) is 35.5 Å². The molecule has 0 heterocycles. The number of rotatable bonds is 3. The molecule has 4 rings (SSSR count). The lowest BCUT2D eigenvalue weighted by atomic mass is 9.82. The van der Waals surface area contributed by atoms with E-state index in [4.69, 9.17) is 0 Å². The molecular formula is C20H34. The molecule has 0 bridgehead atoms. The standard InChI is InChI=1S/C20H34/c1-2-6-18-12-15(11-17(18)5-1)9-10-16-13-19-7-3-4-8-20(19)14-16/h15-20H,1-14H2. The Kier molecular flexibility index (Phi) is 4.10. The van der Waals surface area contributed by atoms with E-state index in [9.17, 15) is 0 Å². The van der Waals surface area contributed by atoms with E-state index < -0.39 is 0 Å². The molecule has 0 N–H and O–H groups in total. The third-order valence-electron chi connectivity index (χ3n) is 7.66. The van der Waals surface area contributed by atoms with Crippen LogP contribution in [-0.2, 0) is 0 Å².